The van der Waals surface area contributed by atoms with Crippen LogP contribution in [-0.4, -0.2) is 23.7 Å². The highest BCUT2D eigenvalue weighted by atomic mass is 16.3. The molecule has 0 radical (unpaired) electrons. The quantitative estimate of drug-likeness (QED) is 0.501. The molecule has 52 valence electrons. The molecule has 1 rings (SSSR count). The van der Waals surface area contributed by atoms with E-state index in [0.29, 0.717) is 12.3 Å². The lowest BCUT2D eigenvalue weighted by Crippen LogP contribution is -2.31. The van der Waals surface area contributed by atoms with Crippen LogP contribution in [-0.2, 0) is 4.79 Å². The SMILES string of the molecule is C[C@H]1CC(=O)N[C@@H]1CO. The number of hydrogen-bond donors (Lipinski definition) is 2. The largest absolute Gasteiger partial charge is 0.394 e. The Morgan fingerprint density at radius 3 is 2.78 bits per heavy atom. The number of hydrogen-bond acceptors (Lipinski definition) is 2. The molecule has 1 aliphatic heterocycles. The third kappa shape index (κ3) is 1.21. The Balaban J connectivity index is 2.47. The van der Waals surface area contributed by atoms with Gasteiger partial charge in [0, 0.05) is 6.42 Å². The van der Waals surface area contributed by atoms with Gasteiger partial charge >= 0.3 is 0 Å². The van der Waals surface area contributed by atoms with E-state index < -0.39 is 0 Å². The second kappa shape index (κ2) is 2.35. The summed E-state index contributed by atoms with van der Waals surface area (Å²) >= 11 is 0. The average molecular weight is 129 g/mol. The van der Waals surface area contributed by atoms with Gasteiger partial charge in [-0.3, -0.25) is 4.79 Å². The lowest BCUT2D eigenvalue weighted by Gasteiger charge is -2.09. The fourth-order valence-corrected chi connectivity index (χ4v) is 1.07. The maximum Gasteiger partial charge on any atom is 0.220 e. The standard InChI is InChI=1S/C6H11NO2/c1-4-2-6(9)7-5(4)3-8/h4-5,8H,2-3H2,1H3,(H,7,9)/t4-,5+/m0/s1. The molecule has 1 amide bonds. The molecule has 1 heterocycles. The Labute approximate surface area is 54.1 Å². The smallest absolute Gasteiger partial charge is 0.220 e. The summed E-state index contributed by atoms with van der Waals surface area (Å²) in [6, 6.07) is -0.00231. The number of aliphatic hydroxyl groups is 1. The van der Waals surface area contributed by atoms with Crippen molar-refractivity contribution in [3.05, 3.63) is 0 Å². The van der Waals surface area contributed by atoms with Crippen LogP contribution in [0.4, 0.5) is 0 Å². The summed E-state index contributed by atoms with van der Waals surface area (Å²) in [6.45, 7) is 2.02. The summed E-state index contributed by atoms with van der Waals surface area (Å²) in [4.78, 5) is 10.6. The molecule has 1 saturated heterocycles. The van der Waals surface area contributed by atoms with Crippen LogP contribution in [0.1, 0.15) is 13.3 Å². The Kier molecular flexibility index (Phi) is 1.71. The maximum atomic E-state index is 10.6. The molecule has 2 atom stereocenters. The summed E-state index contributed by atoms with van der Waals surface area (Å²) in [6.07, 6.45) is 0.561. The molecule has 1 aliphatic rings. The Hall–Kier alpha value is -0.570. The van der Waals surface area contributed by atoms with Crippen molar-refractivity contribution in [3.8, 4) is 0 Å². The van der Waals surface area contributed by atoms with E-state index in [0.717, 1.165) is 0 Å². The number of amides is 1. The first-order valence-electron chi connectivity index (χ1n) is 3.14. The highest BCUT2D eigenvalue weighted by molar-refractivity contribution is 5.78. The summed E-state index contributed by atoms with van der Waals surface area (Å²) in [5, 5.41) is 11.3. The first-order valence-corrected chi connectivity index (χ1v) is 3.14. The lowest BCUT2D eigenvalue weighted by atomic mass is 10.0. The molecule has 0 saturated carbocycles. The van der Waals surface area contributed by atoms with Crippen LogP contribution < -0.4 is 5.32 Å². The van der Waals surface area contributed by atoms with Gasteiger partial charge in [-0.1, -0.05) is 6.92 Å². The molecule has 2 N–H and O–H groups in total. The van der Waals surface area contributed by atoms with Crippen molar-refractivity contribution in [3.63, 3.8) is 0 Å². The summed E-state index contributed by atoms with van der Waals surface area (Å²) in [7, 11) is 0. The zero-order valence-corrected chi connectivity index (χ0v) is 5.42. The van der Waals surface area contributed by atoms with Crippen LogP contribution in [0.5, 0.6) is 0 Å². The zero-order chi connectivity index (χ0) is 6.85. The molecule has 0 aliphatic carbocycles. The van der Waals surface area contributed by atoms with Crippen molar-refractivity contribution in [1.29, 1.82) is 0 Å². The van der Waals surface area contributed by atoms with Crippen molar-refractivity contribution < 1.29 is 9.90 Å². The number of carbonyl (C=O) groups is 1. The summed E-state index contributed by atoms with van der Waals surface area (Å²) in [5.41, 5.74) is 0. The van der Waals surface area contributed by atoms with Crippen LogP contribution in [0.3, 0.4) is 0 Å². The summed E-state index contributed by atoms with van der Waals surface area (Å²) in [5.74, 6) is 0.351. The number of aliphatic hydroxyl groups excluding tert-OH is 1. The minimum atomic E-state index is -0.00231. The molecule has 0 unspecified atom stereocenters. The van der Waals surface area contributed by atoms with Gasteiger partial charge in [-0.15, -0.1) is 0 Å². The molecular weight excluding hydrogens is 118 g/mol. The second-order valence-electron chi connectivity index (χ2n) is 2.54. The Morgan fingerprint density at radius 2 is 2.56 bits per heavy atom. The number of rotatable bonds is 1. The van der Waals surface area contributed by atoms with Crippen LogP contribution in [0.15, 0.2) is 0 Å². The predicted molar refractivity (Wildman–Crippen MR) is 32.8 cm³/mol. The van der Waals surface area contributed by atoms with Gasteiger partial charge in [-0.2, -0.15) is 0 Å². The zero-order valence-electron chi connectivity index (χ0n) is 5.42. The molecule has 0 spiro atoms. The van der Waals surface area contributed by atoms with Gasteiger partial charge in [0.05, 0.1) is 12.6 Å². The molecule has 0 aromatic carbocycles. The lowest BCUT2D eigenvalue weighted by molar-refractivity contribution is -0.119. The van der Waals surface area contributed by atoms with Crippen LogP contribution in [0.25, 0.3) is 0 Å². The van der Waals surface area contributed by atoms with Crippen LogP contribution >= 0.6 is 0 Å². The van der Waals surface area contributed by atoms with Crippen molar-refractivity contribution in [2.45, 2.75) is 19.4 Å². The monoisotopic (exact) mass is 129 g/mol. The van der Waals surface area contributed by atoms with E-state index in [9.17, 15) is 4.79 Å². The van der Waals surface area contributed by atoms with E-state index in [4.69, 9.17) is 5.11 Å². The molecule has 3 heteroatoms. The van der Waals surface area contributed by atoms with Crippen LogP contribution in [0.2, 0.25) is 0 Å². The van der Waals surface area contributed by atoms with E-state index in [1.165, 1.54) is 0 Å². The van der Waals surface area contributed by atoms with E-state index in [-0.39, 0.29) is 18.6 Å². The topological polar surface area (TPSA) is 49.3 Å². The molecule has 0 aromatic heterocycles. The molecule has 0 bridgehead atoms. The van der Waals surface area contributed by atoms with Gasteiger partial charge in [-0.25, -0.2) is 0 Å². The predicted octanol–water partition coefficient (Wildman–Crippen LogP) is -0.497. The molecular formula is C6H11NO2. The van der Waals surface area contributed by atoms with E-state index in [1.807, 2.05) is 6.92 Å². The fourth-order valence-electron chi connectivity index (χ4n) is 1.07. The molecule has 1 fully saturated rings. The molecule has 0 aromatic rings. The van der Waals surface area contributed by atoms with Gasteiger partial charge in [0.1, 0.15) is 0 Å². The number of nitrogens with one attached hydrogen (secondary N) is 1. The summed E-state index contributed by atoms with van der Waals surface area (Å²) < 4.78 is 0. The van der Waals surface area contributed by atoms with Crippen molar-refractivity contribution in [2.75, 3.05) is 6.61 Å². The van der Waals surface area contributed by atoms with Crippen LogP contribution in [0, 0.1) is 5.92 Å². The van der Waals surface area contributed by atoms with Gasteiger partial charge < -0.3 is 10.4 Å². The number of carbonyl (C=O) groups excluding carboxylic acids is 1. The fraction of sp³-hybridized carbons (Fsp3) is 0.833. The van der Waals surface area contributed by atoms with E-state index in [2.05, 4.69) is 5.32 Å². The third-order valence-electron chi connectivity index (χ3n) is 1.74. The molecule has 9 heavy (non-hydrogen) atoms. The normalized spacial score (nSPS) is 34.7. The highest BCUT2D eigenvalue weighted by Crippen LogP contribution is 2.14. The minimum Gasteiger partial charge on any atom is -0.394 e. The van der Waals surface area contributed by atoms with Crippen molar-refractivity contribution >= 4 is 5.91 Å². The first-order chi connectivity index (χ1) is 4.24. The van der Waals surface area contributed by atoms with Gasteiger partial charge in [0.2, 0.25) is 5.91 Å². The second-order valence-corrected chi connectivity index (χ2v) is 2.54. The third-order valence-corrected chi connectivity index (χ3v) is 1.74. The first kappa shape index (κ1) is 6.55. The van der Waals surface area contributed by atoms with Crippen molar-refractivity contribution in [1.82, 2.24) is 5.32 Å². The Bertz CT molecular complexity index is 124. The van der Waals surface area contributed by atoms with E-state index >= 15 is 0 Å². The van der Waals surface area contributed by atoms with Gasteiger partial charge in [-0.05, 0) is 5.92 Å². The van der Waals surface area contributed by atoms with Gasteiger partial charge in [0.15, 0.2) is 0 Å². The molecule has 3 nitrogen and oxygen atoms in total. The van der Waals surface area contributed by atoms with Crippen molar-refractivity contribution in [2.24, 2.45) is 5.92 Å². The maximum absolute atomic E-state index is 10.6. The van der Waals surface area contributed by atoms with Gasteiger partial charge in [0.25, 0.3) is 0 Å². The van der Waals surface area contributed by atoms with E-state index in [1.54, 1.807) is 0 Å². The average Bonchev–Trinajstić information content (AvgIpc) is 2.10. The highest BCUT2D eigenvalue weighted by Gasteiger charge is 2.27. The Morgan fingerprint density at radius 1 is 1.89 bits per heavy atom. The minimum absolute atomic E-state index is 0.00231.